The van der Waals surface area contributed by atoms with Crippen LogP contribution in [0.25, 0.3) is 6.08 Å². The number of amides is 1. The molecule has 3 nitrogen and oxygen atoms in total. The lowest BCUT2D eigenvalue weighted by Gasteiger charge is -2.20. The molecule has 1 fully saturated rings. The third-order valence-electron chi connectivity index (χ3n) is 3.70. The molecule has 1 aliphatic carbocycles. The van der Waals surface area contributed by atoms with Gasteiger partial charge in [0, 0.05) is 18.7 Å². The minimum atomic E-state index is 0.169. The van der Waals surface area contributed by atoms with Gasteiger partial charge in [-0.25, -0.2) is 0 Å². The fourth-order valence-electron chi connectivity index (χ4n) is 2.61. The van der Waals surface area contributed by atoms with Crippen LogP contribution in [0.1, 0.15) is 37.7 Å². The Hall–Kier alpha value is -1.61. The average Bonchev–Trinajstić information content (AvgIpc) is 2.49. The van der Waals surface area contributed by atoms with Gasteiger partial charge < -0.3 is 10.1 Å². The highest BCUT2D eigenvalue weighted by Gasteiger charge is 2.20. The van der Waals surface area contributed by atoms with Crippen LogP contribution in [0.5, 0.6) is 0 Å². The highest BCUT2D eigenvalue weighted by Crippen LogP contribution is 2.25. The van der Waals surface area contributed by atoms with Crippen molar-refractivity contribution >= 4 is 17.7 Å². The maximum Gasteiger partial charge on any atom is 0.227 e. The Balaban J connectivity index is 1.94. The first-order valence-corrected chi connectivity index (χ1v) is 7.36. The predicted octanol–water partition coefficient (Wildman–Crippen LogP) is 3.87. The third kappa shape index (κ3) is 4.49. The van der Waals surface area contributed by atoms with Gasteiger partial charge in [0.25, 0.3) is 0 Å². The fraction of sp³-hybridized carbons (Fsp3) is 0.471. The van der Waals surface area contributed by atoms with Crippen molar-refractivity contribution in [3.05, 3.63) is 35.9 Å². The van der Waals surface area contributed by atoms with Crippen molar-refractivity contribution in [2.24, 2.45) is 5.92 Å². The summed E-state index contributed by atoms with van der Waals surface area (Å²) in [5, 5.41) is 3.04. The van der Waals surface area contributed by atoms with E-state index in [0.717, 1.165) is 24.1 Å². The first-order chi connectivity index (χ1) is 9.79. The van der Waals surface area contributed by atoms with Gasteiger partial charge in [-0.3, -0.25) is 4.79 Å². The Morgan fingerprint density at radius 1 is 1.35 bits per heavy atom. The van der Waals surface area contributed by atoms with Crippen molar-refractivity contribution in [3.8, 4) is 0 Å². The van der Waals surface area contributed by atoms with Crippen LogP contribution in [0, 0.1) is 5.92 Å². The third-order valence-corrected chi connectivity index (χ3v) is 3.70. The summed E-state index contributed by atoms with van der Waals surface area (Å²) < 4.78 is 4.98. The Morgan fingerprint density at radius 3 is 2.90 bits per heavy atom. The Bertz CT molecular complexity index is 462. The molecule has 0 heterocycles. The van der Waals surface area contributed by atoms with Gasteiger partial charge in [-0.1, -0.05) is 43.5 Å². The quantitative estimate of drug-likeness (QED) is 0.884. The molecule has 0 radical (unpaired) electrons. The number of anilines is 1. The van der Waals surface area contributed by atoms with Crippen LogP contribution in [-0.4, -0.2) is 19.6 Å². The van der Waals surface area contributed by atoms with Crippen LogP contribution in [0.3, 0.4) is 0 Å². The minimum absolute atomic E-state index is 0.169. The van der Waals surface area contributed by atoms with E-state index in [2.05, 4.69) is 5.32 Å². The SMILES string of the molecule is COC/C=C/c1cccc(NC(=O)C2CCCCC2)c1. The predicted molar refractivity (Wildman–Crippen MR) is 82.6 cm³/mol. The topological polar surface area (TPSA) is 38.3 Å². The molecule has 20 heavy (non-hydrogen) atoms. The van der Waals surface area contributed by atoms with E-state index in [4.69, 9.17) is 4.74 Å². The van der Waals surface area contributed by atoms with Crippen LogP contribution < -0.4 is 5.32 Å². The molecule has 3 heteroatoms. The summed E-state index contributed by atoms with van der Waals surface area (Å²) in [6.45, 7) is 0.596. The number of rotatable bonds is 5. The minimum Gasteiger partial charge on any atom is -0.381 e. The smallest absolute Gasteiger partial charge is 0.227 e. The zero-order valence-electron chi connectivity index (χ0n) is 12.1. The van der Waals surface area contributed by atoms with E-state index in [-0.39, 0.29) is 11.8 Å². The number of carbonyl (C=O) groups excluding carboxylic acids is 1. The summed E-state index contributed by atoms with van der Waals surface area (Å²) in [6.07, 6.45) is 9.64. The van der Waals surface area contributed by atoms with Crippen molar-refractivity contribution in [1.82, 2.24) is 0 Å². The number of ether oxygens (including phenoxy) is 1. The number of methoxy groups -OCH3 is 1. The van der Waals surface area contributed by atoms with E-state index in [1.54, 1.807) is 7.11 Å². The molecule has 0 spiro atoms. The van der Waals surface area contributed by atoms with Gasteiger partial charge >= 0.3 is 0 Å². The molecule has 0 aromatic heterocycles. The van der Waals surface area contributed by atoms with E-state index >= 15 is 0 Å². The standard InChI is InChI=1S/C17H23NO2/c1-20-12-6-8-14-7-5-11-16(13-14)18-17(19)15-9-3-2-4-10-15/h5-8,11,13,15H,2-4,9-10,12H2,1H3,(H,18,19)/b8-6+. The first-order valence-electron chi connectivity index (χ1n) is 7.36. The molecule has 1 saturated carbocycles. The molecule has 0 atom stereocenters. The van der Waals surface area contributed by atoms with E-state index in [9.17, 15) is 4.79 Å². The summed E-state index contributed by atoms with van der Waals surface area (Å²) in [5.41, 5.74) is 1.95. The molecule has 1 N–H and O–H groups in total. The lowest BCUT2D eigenvalue weighted by Crippen LogP contribution is -2.24. The molecule has 0 aliphatic heterocycles. The molecule has 0 unspecified atom stereocenters. The Morgan fingerprint density at radius 2 is 2.15 bits per heavy atom. The lowest BCUT2D eigenvalue weighted by atomic mass is 9.88. The second kappa shape index (κ2) is 7.85. The molecule has 0 saturated heterocycles. The number of nitrogens with one attached hydrogen (secondary N) is 1. The summed E-state index contributed by atoms with van der Waals surface area (Å²) >= 11 is 0. The summed E-state index contributed by atoms with van der Waals surface area (Å²) in [5.74, 6) is 0.360. The monoisotopic (exact) mass is 273 g/mol. The van der Waals surface area contributed by atoms with E-state index in [1.807, 2.05) is 36.4 Å². The maximum atomic E-state index is 12.2. The van der Waals surface area contributed by atoms with Crippen LogP contribution in [0.15, 0.2) is 30.3 Å². The number of hydrogen-bond donors (Lipinski definition) is 1. The zero-order valence-corrected chi connectivity index (χ0v) is 12.1. The number of benzene rings is 1. The normalized spacial score (nSPS) is 16.4. The molecule has 2 rings (SSSR count). The largest absolute Gasteiger partial charge is 0.381 e. The number of carbonyl (C=O) groups is 1. The Kier molecular flexibility index (Phi) is 5.81. The van der Waals surface area contributed by atoms with Crippen molar-refractivity contribution in [3.63, 3.8) is 0 Å². The molecule has 1 aromatic rings. The van der Waals surface area contributed by atoms with Gasteiger partial charge in [0.05, 0.1) is 6.61 Å². The fourth-order valence-corrected chi connectivity index (χ4v) is 2.61. The van der Waals surface area contributed by atoms with Gasteiger partial charge in [-0.05, 0) is 30.5 Å². The van der Waals surface area contributed by atoms with Crippen LogP contribution in [-0.2, 0) is 9.53 Å². The van der Waals surface area contributed by atoms with Gasteiger partial charge in [-0.15, -0.1) is 0 Å². The molecule has 1 amide bonds. The lowest BCUT2D eigenvalue weighted by molar-refractivity contribution is -0.120. The molecule has 108 valence electrons. The molecule has 1 aromatic carbocycles. The molecule has 1 aliphatic rings. The summed E-state index contributed by atoms with van der Waals surface area (Å²) in [7, 11) is 1.67. The highest BCUT2D eigenvalue weighted by molar-refractivity contribution is 5.92. The van der Waals surface area contributed by atoms with Crippen molar-refractivity contribution in [2.45, 2.75) is 32.1 Å². The second-order valence-corrected chi connectivity index (χ2v) is 5.31. The van der Waals surface area contributed by atoms with Crippen LogP contribution >= 0.6 is 0 Å². The van der Waals surface area contributed by atoms with Crippen molar-refractivity contribution in [1.29, 1.82) is 0 Å². The van der Waals surface area contributed by atoms with Crippen LogP contribution in [0.2, 0.25) is 0 Å². The number of hydrogen-bond acceptors (Lipinski definition) is 2. The molecule has 0 bridgehead atoms. The molecular formula is C17H23NO2. The summed E-state index contributed by atoms with van der Waals surface area (Å²) in [6, 6.07) is 7.91. The van der Waals surface area contributed by atoms with Crippen LogP contribution in [0.4, 0.5) is 5.69 Å². The van der Waals surface area contributed by atoms with Crippen molar-refractivity contribution < 1.29 is 9.53 Å². The highest BCUT2D eigenvalue weighted by atomic mass is 16.5. The van der Waals surface area contributed by atoms with E-state index < -0.39 is 0 Å². The van der Waals surface area contributed by atoms with Gasteiger partial charge in [-0.2, -0.15) is 0 Å². The van der Waals surface area contributed by atoms with E-state index in [0.29, 0.717) is 6.61 Å². The average molecular weight is 273 g/mol. The van der Waals surface area contributed by atoms with Gasteiger partial charge in [0.1, 0.15) is 0 Å². The van der Waals surface area contributed by atoms with E-state index in [1.165, 1.54) is 19.3 Å². The first kappa shape index (κ1) is 14.8. The maximum absolute atomic E-state index is 12.2. The van der Waals surface area contributed by atoms with Crippen molar-refractivity contribution in [2.75, 3.05) is 19.0 Å². The zero-order chi connectivity index (χ0) is 14.2. The second-order valence-electron chi connectivity index (χ2n) is 5.31. The Labute approximate surface area is 121 Å². The molecular weight excluding hydrogens is 250 g/mol. The van der Waals surface area contributed by atoms with Gasteiger partial charge in [0.2, 0.25) is 5.91 Å². The summed E-state index contributed by atoms with van der Waals surface area (Å²) in [4.78, 5) is 12.2. The van der Waals surface area contributed by atoms with Gasteiger partial charge in [0.15, 0.2) is 0 Å².